The Morgan fingerprint density at radius 1 is 1.04 bits per heavy atom. The molecule has 4 heteroatoms. The van der Waals surface area contributed by atoms with E-state index >= 15 is 0 Å². The molecule has 1 atom stereocenters. The molecule has 0 saturated heterocycles. The lowest BCUT2D eigenvalue weighted by Crippen LogP contribution is -2.36. The minimum atomic E-state index is -1.02. The molecule has 24 heavy (non-hydrogen) atoms. The van der Waals surface area contributed by atoms with Crippen molar-refractivity contribution in [2.24, 2.45) is 0 Å². The molecule has 4 nitrogen and oxygen atoms in total. The van der Waals surface area contributed by atoms with Gasteiger partial charge in [-0.3, -0.25) is 4.79 Å². The quantitative estimate of drug-likeness (QED) is 0.629. The van der Waals surface area contributed by atoms with Crippen molar-refractivity contribution < 1.29 is 14.3 Å². The first kappa shape index (κ1) is 17.2. The number of rotatable bonds is 7. The van der Waals surface area contributed by atoms with Gasteiger partial charge in [0.15, 0.2) is 6.10 Å². The SMILES string of the molecule is C=CCNC(=O)C(/C=C/c1ccccc1)OC(=O)c1ccccc1. The summed E-state index contributed by atoms with van der Waals surface area (Å²) >= 11 is 0. The van der Waals surface area contributed by atoms with E-state index in [4.69, 9.17) is 4.74 Å². The molecule has 0 aliphatic rings. The second kappa shape index (κ2) is 9.10. The highest BCUT2D eigenvalue weighted by molar-refractivity contribution is 5.93. The molecular weight excluding hydrogens is 302 g/mol. The molecule has 0 aliphatic heterocycles. The van der Waals surface area contributed by atoms with Crippen LogP contribution in [0.2, 0.25) is 0 Å². The van der Waals surface area contributed by atoms with E-state index in [1.165, 1.54) is 0 Å². The van der Waals surface area contributed by atoms with Crippen LogP contribution in [0, 0.1) is 0 Å². The lowest BCUT2D eigenvalue weighted by Gasteiger charge is -2.14. The van der Waals surface area contributed by atoms with Crippen LogP contribution in [0.15, 0.2) is 79.4 Å². The molecule has 122 valence electrons. The van der Waals surface area contributed by atoms with Crippen LogP contribution < -0.4 is 5.32 Å². The molecule has 0 aliphatic carbocycles. The summed E-state index contributed by atoms with van der Waals surface area (Å²) in [4.78, 5) is 24.4. The van der Waals surface area contributed by atoms with Gasteiger partial charge in [-0.2, -0.15) is 0 Å². The second-order valence-electron chi connectivity index (χ2n) is 5.00. The summed E-state index contributed by atoms with van der Waals surface area (Å²) in [6.45, 7) is 3.86. The van der Waals surface area contributed by atoms with Crippen molar-refractivity contribution in [3.8, 4) is 0 Å². The molecule has 0 spiro atoms. The second-order valence-corrected chi connectivity index (χ2v) is 5.00. The Morgan fingerprint density at radius 3 is 2.29 bits per heavy atom. The summed E-state index contributed by atoms with van der Waals surface area (Å²) in [6.07, 6.45) is 3.86. The fourth-order valence-electron chi connectivity index (χ4n) is 1.97. The van der Waals surface area contributed by atoms with Crippen molar-refractivity contribution in [2.45, 2.75) is 6.10 Å². The Hall–Kier alpha value is -3.14. The zero-order chi connectivity index (χ0) is 17.2. The third-order valence-corrected chi connectivity index (χ3v) is 3.19. The maximum atomic E-state index is 12.2. The van der Waals surface area contributed by atoms with Crippen LogP contribution in [0.25, 0.3) is 6.08 Å². The van der Waals surface area contributed by atoms with Crippen LogP contribution in [-0.4, -0.2) is 24.5 Å². The van der Waals surface area contributed by atoms with E-state index in [1.54, 1.807) is 48.6 Å². The predicted octanol–water partition coefficient (Wildman–Crippen LogP) is 3.23. The maximum absolute atomic E-state index is 12.2. The Kier molecular flexibility index (Phi) is 6.53. The number of nitrogens with one attached hydrogen (secondary N) is 1. The van der Waals surface area contributed by atoms with Gasteiger partial charge in [-0.15, -0.1) is 6.58 Å². The van der Waals surface area contributed by atoms with Crippen molar-refractivity contribution in [1.29, 1.82) is 0 Å². The van der Waals surface area contributed by atoms with Crippen molar-refractivity contribution >= 4 is 18.0 Å². The van der Waals surface area contributed by atoms with Gasteiger partial charge in [-0.25, -0.2) is 4.79 Å². The fourth-order valence-corrected chi connectivity index (χ4v) is 1.97. The first-order chi connectivity index (χ1) is 11.7. The van der Waals surface area contributed by atoms with E-state index in [9.17, 15) is 9.59 Å². The van der Waals surface area contributed by atoms with Gasteiger partial charge < -0.3 is 10.1 Å². The monoisotopic (exact) mass is 321 g/mol. The largest absolute Gasteiger partial charge is 0.444 e. The first-order valence-electron chi connectivity index (χ1n) is 7.58. The lowest BCUT2D eigenvalue weighted by atomic mass is 10.2. The van der Waals surface area contributed by atoms with E-state index in [0.717, 1.165) is 5.56 Å². The Bertz CT molecular complexity index is 708. The summed E-state index contributed by atoms with van der Waals surface area (Å²) in [5.74, 6) is -0.946. The standard InChI is InChI=1S/C20H19NO3/c1-2-15-21-19(22)18(14-13-16-9-5-3-6-10-16)24-20(23)17-11-7-4-8-12-17/h2-14,18H,1,15H2,(H,21,22)/b14-13+. The molecule has 1 unspecified atom stereocenters. The Balaban J connectivity index is 2.13. The van der Waals surface area contributed by atoms with Gasteiger partial charge in [0.05, 0.1) is 5.56 Å². The number of hydrogen-bond donors (Lipinski definition) is 1. The minimum absolute atomic E-state index is 0.303. The molecule has 1 amide bonds. The molecule has 0 saturated carbocycles. The average Bonchev–Trinajstić information content (AvgIpc) is 2.64. The smallest absolute Gasteiger partial charge is 0.339 e. The Labute approximate surface area is 141 Å². The van der Waals surface area contributed by atoms with Crippen molar-refractivity contribution in [3.63, 3.8) is 0 Å². The highest BCUT2D eigenvalue weighted by Crippen LogP contribution is 2.08. The fraction of sp³-hybridized carbons (Fsp3) is 0.100. The average molecular weight is 321 g/mol. The van der Waals surface area contributed by atoms with Gasteiger partial charge in [-0.05, 0) is 23.8 Å². The van der Waals surface area contributed by atoms with Crippen LogP contribution in [0.3, 0.4) is 0 Å². The molecular formula is C20H19NO3. The molecule has 0 bridgehead atoms. The highest BCUT2D eigenvalue weighted by atomic mass is 16.5. The van der Waals surface area contributed by atoms with Crippen LogP contribution >= 0.6 is 0 Å². The maximum Gasteiger partial charge on any atom is 0.339 e. The summed E-state index contributed by atoms with van der Waals surface area (Å²) in [6, 6.07) is 18.0. The number of benzene rings is 2. The number of carbonyl (C=O) groups excluding carboxylic acids is 2. The molecule has 2 aromatic rings. The molecule has 0 radical (unpaired) electrons. The number of ether oxygens (including phenoxy) is 1. The third kappa shape index (κ3) is 5.25. The lowest BCUT2D eigenvalue weighted by molar-refractivity contribution is -0.127. The van der Waals surface area contributed by atoms with Gasteiger partial charge in [0.2, 0.25) is 0 Å². The number of carbonyl (C=O) groups is 2. The van der Waals surface area contributed by atoms with E-state index in [1.807, 2.05) is 30.3 Å². The van der Waals surface area contributed by atoms with Gasteiger partial charge in [-0.1, -0.05) is 60.7 Å². The van der Waals surface area contributed by atoms with Crippen LogP contribution in [0.5, 0.6) is 0 Å². The van der Waals surface area contributed by atoms with E-state index in [-0.39, 0.29) is 0 Å². The van der Waals surface area contributed by atoms with E-state index in [2.05, 4.69) is 11.9 Å². The van der Waals surface area contributed by atoms with Crippen LogP contribution in [-0.2, 0) is 9.53 Å². The summed E-state index contributed by atoms with van der Waals surface area (Å²) in [7, 11) is 0. The molecule has 2 rings (SSSR count). The molecule has 0 heterocycles. The number of hydrogen-bond acceptors (Lipinski definition) is 3. The zero-order valence-electron chi connectivity index (χ0n) is 13.2. The topological polar surface area (TPSA) is 55.4 Å². The van der Waals surface area contributed by atoms with Crippen molar-refractivity contribution in [2.75, 3.05) is 6.54 Å². The Morgan fingerprint density at radius 2 is 1.67 bits per heavy atom. The van der Waals surface area contributed by atoms with Gasteiger partial charge >= 0.3 is 5.97 Å². The van der Waals surface area contributed by atoms with Gasteiger partial charge in [0.25, 0.3) is 5.91 Å². The normalized spacial score (nSPS) is 11.7. The highest BCUT2D eigenvalue weighted by Gasteiger charge is 2.20. The zero-order valence-corrected chi connectivity index (χ0v) is 13.2. The summed E-state index contributed by atoms with van der Waals surface area (Å²) in [5.41, 5.74) is 1.31. The van der Waals surface area contributed by atoms with E-state index < -0.39 is 18.0 Å². The first-order valence-corrected chi connectivity index (χ1v) is 7.58. The molecule has 1 N–H and O–H groups in total. The summed E-state index contributed by atoms with van der Waals surface area (Å²) < 4.78 is 5.35. The molecule has 0 fully saturated rings. The third-order valence-electron chi connectivity index (χ3n) is 3.19. The molecule has 0 aromatic heterocycles. The summed E-state index contributed by atoms with van der Waals surface area (Å²) in [5, 5.41) is 2.64. The number of esters is 1. The van der Waals surface area contributed by atoms with Gasteiger partial charge in [0, 0.05) is 6.54 Å². The van der Waals surface area contributed by atoms with E-state index in [0.29, 0.717) is 12.1 Å². The van der Waals surface area contributed by atoms with Crippen molar-refractivity contribution in [1.82, 2.24) is 5.32 Å². The van der Waals surface area contributed by atoms with Crippen LogP contribution in [0.4, 0.5) is 0 Å². The van der Waals surface area contributed by atoms with Crippen LogP contribution in [0.1, 0.15) is 15.9 Å². The van der Waals surface area contributed by atoms with Crippen molar-refractivity contribution in [3.05, 3.63) is 90.5 Å². The predicted molar refractivity (Wildman–Crippen MR) is 94.3 cm³/mol. The molecule has 2 aromatic carbocycles. The van der Waals surface area contributed by atoms with Gasteiger partial charge in [0.1, 0.15) is 0 Å². The number of amides is 1. The minimum Gasteiger partial charge on any atom is -0.444 e.